The molecule has 2 amide bonds. The molecular weight excluding hydrogens is 370 g/mol. The zero-order valence-electron chi connectivity index (χ0n) is 17.7. The van der Waals surface area contributed by atoms with Crippen molar-refractivity contribution in [2.24, 2.45) is 0 Å². The zero-order valence-corrected chi connectivity index (χ0v) is 17.7. The smallest absolute Gasteiger partial charge is 0.320 e. The second-order valence-corrected chi connectivity index (χ2v) is 7.79. The van der Waals surface area contributed by atoms with E-state index in [0.717, 1.165) is 43.4 Å². The summed E-state index contributed by atoms with van der Waals surface area (Å²) in [6.45, 7) is 7.48. The van der Waals surface area contributed by atoms with E-state index in [1.165, 1.54) is 18.1 Å². The van der Waals surface area contributed by atoms with Crippen molar-refractivity contribution in [3.05, 3.63) is 65.2 Å². The molecule has 0 aliphatic rings. The second kappa shape index (κ2) is 11.5. The van der Waals surface area contributed by atoms with Crippen molar-refractivity contribution in [2.45, 2.75) is 65.3 Å². The van der Waals surface area contributed by atoms with Crippen molar-refractivity contribution in [3.63, 3.8) is 0 Å². The molecule has 0 atom stereocenters. The number of benzene rings is 2. The van der Waals surface area contributed by atoms with E-state index in [-0.39, 0.29) is 11.7 Å². The summed E-state index contributed by atoms with van der Waals surface area (Å²) in [4.78, 5) is 14.5. The molecule has 0 aromatic heterocycles. The highest BCUT2D eigenvalue weighted by atomic mass is 19.1. The Labute approximate surface area is 173 Å². The van der Waals surface area contributed by atoms with Gasteiger partial charge in [0.05, 0.1) is 5.69 Å². The Morgan fingerprint density at radius 2 is 1.69 bits per heavy atom. The minimum absolute atomic E-state index is 0.0115. The van der Waals surface area contributed by atoms with Crippen molar-refractivity contribution >= 4 is 11.7 Å². The maximum atomic E-state index is 13.9. The van der Waals surface area contributed by atoms with E-state index in [4.69, 9.17) is 0 Å². The SMILES string of the molecule is CCCCCCCN(Cc1ccc(C(C)C)cc1)C(=O)Nc1ccc(F)cc1F. The highest BCUT2D eigenvalue weighted by Gasteiger charge is 2.16. The molecular formula is C24H32F2N2O. The Morgan fingerprint density at radius 1 is 1.00 bits per heavy atom. The van der Waals surface area contributed by atoms with Crippen LogP contribution in [0.25, 0.3) is 0 Å². The second-order valence-electron chi connectivity index (χ2n) is 7.79. The largest absolute Gasteiger partial charge is 0.322 e. The molecule has 0 unspecified atom stereocenters. The molecule has 0 aliphatic heterocycles. The summed E-state index contributed by atoms with van der Waals surface area (Å²) in [5, 5.41) is 2.58. The van der Waals surface area contributed by atoms with Crippen LogP contribution in [0.3, 0.4) is 0 Å². The van der Waals surface area contributed by atoms with Crippen LogP contribution in [0.15, 0.2) is 42.5 Å². The van der Waals surface area contributed by atoms with Crippen LogP contribution >= 0.6 is 0 Å². The maximum Gasteiger partial charge on any atom is 0.322 e. The van der Waals surface area contributed by atoms with Gasteiger partial charge in [-0.05, 0) is 35.6 Å². The van der Waals surface area contributed by atoms with Crippen molar-refractivity contribution < 1.29 is 13.6 Å². The van der Waals surface area contributed by atoms with E-state index in [0.29, 0.717) is 19.0 Å². The fourth-order valence-corrected chi connectivity index (χ4v) is 3.17. The number of carbonyl (C=O) groups excluding carboxylic acids is 1. The van der Waals surface area contributed by atoms with Crippen LogP contribution in [0.1, 0.15) is 69.9 Å². The Kier molecular flexibility index (Phi) is 9.10. The monoisotopic (exact) mass is 402 g/mol. The fraction of sp³-hybridized carbons (Fsp3) is 0.458. The molecule has 0 aliphatic carbocycles. The third kappa shape index (κ3) is 7.48. The molecule has 1 N–H and O–H groups in total. The number of hydrogen-bond acceptors (Lipinski definition) is 1. The predicted octanol–water partition coefficient (Wildman–Crippen LogP) is 7.09. The molecule has 0 fully saturated rings. The molecule has 0 saturated carbocycles. The first-order chi connectivity index (χ1) is 13.9. The fourth-order valence-electron chi connectivity index (χ4n) is 3.17. The van der Waals surface area contributed by atoms with Crippen LogP contribution in [-0.4, -0.2) is 17.5 Å². The van der Waals surface area contributed by atoms with Crippen LogP contribution < -0.4 is 5.32 Å². The number of unbranched alkanes of at least 4 members (excludes halogenated alkanes) is 4. The van der Waals surface area contributed by atoms with E-state index < -0.39 is 11.6 Å². The van der Waals surface area contributed by atoms with Gasteiger partial charge in [0.2, 0.25) is 0 Å². The summed E-state index contributed by atoms with van der Waals surface area (Å²) < 4.78 is 27.1. The number of amides is 2. The number of nitrogens with one attached hydrogen (secondary N) is 1. The average molecular weight is 403 g/mol. The molecule has 2 aromatic rings. The summed E-state index contributed by atoms with van der Waals surface area (Å²) in [6, 6.07) is 11.0. The predicted molar refractivity (Wildman–Crippen MR) is 115 cm³/mol. The minimum Gasteiger partial charge on any atom is -0.320 e. The summed E-state index contributed by atoms with van der Waals surface area (Å²) in [6.07, 6.45) is 5.43. The minimum atomic E-state index is -0.775. The Balaban J connectivity index is 2.07. The average Bonchev–Trinajstić information content (AvgIpc) is 2.69. The van der Waals surface area contributed by atoms with Gasteiger partial charge in [0.25, 0.3) is 0 Å². The van der Waals surface area contributed by atoms with Gasteiger partial charge in [-0.1, -0.05) is 70.7 Å². The molecule has 0 heterocycles. The lowest BCUT2D eigenvalue weighted by molar-refractivity contribution is 0.207. The number of hydrogen-bond donors (Lipinski definition) is 1. The third-order valence-corrected chi connectivity index (χ3v) is 5.01. The van der Waals surface area contributed by atoms with Gasteiger partial charge in [0, 0.05) is 19.2 Å². The van der Waals surface area contributed by atoms with Gasteiger partial charge in [-0.2, -0.15) is 0 Å². The highest BCUT2D eigenvalue weighted by Crippen LogP contribution is 2.19. The lowest BCUT2D eigenvalue weighted by Gasteiger charge is -2.24. The first-order valence-electron chi connectivity index (χ1n) is 10.5. The first-order valence-corrected chi connectivity index (χ1v) is 10.5. The van der Waals surface area contributed by atoms with Crippen LogP contribution in [-0.2, 0) is 6.54 Å². The molecule has 0 radical (unpaired) electrons. The highest BCUT2D eigenvalue weighted by molar-refractivity contribution is 5.89. The topological polar surface area (TPSA) is 32.3 Å². The standard InChI is InChI=1S/C24H32F2N2O/c1-4-5-6-7-8-15-28(17-19-9-11-20(12-10-19)18(2)3)24(29)27-23-14-13-21(25)16-22(23)26/h9-14,16,18H,4-8,15,17H2,1-3H3,(H,27,29). The van der Waals surface area contributed by atoms with Gasteiger partial charge in [-0.25, -0.2) is 13.6 Å². The Morgan fingerprint density at radius 3 is 2.31 bits per heavy atom. The summed E-state index contributed by atoms with van der Waals surface area (Å²) in [5.41, 5.74) is 2.26. The van der Waals surface area contributed by atoms with E-state index in [9.17, 15) is 13.6 Å². The zero-order chi connectivity index (χ0) is 21.2. The normalized spacial score (nSPS) is 11.0. The Bertz CT molecular complexity index is 775. The van der Waals surface area contributed by atoms with Gasteiger partial charge >= 0.3 is 6.03 Å². The van der Waals surface area contributed by atoms with Crippen molar-refractivity contribution in [1.82, 2.24) is 4.90 Å². The van der Waals surface area contributed by atoms with Gasteiger partial charge in [-0.15, -0.1) is 0 Å². The number of halogens is 2. The Hall–Kier alpha value is -2.43. The van der Waals surface area contributed by atoms with Crippen molar-refractivity contribution in [1.29, 1.82) is 0 Å². The van der Waals surface area contributed by atoms with Crippen LogP contribution in [0.2, 0.25) is 0 Å². The first kappa shape index (κ1) is 22.9. The third-order valence-electron chi connectivity index (χ3n) is 5.01. The quantitative estimate of drug-likeness (QED) is 0.423. The lowest BCUT2D eigenvalue weighted by atomic mass is 10.0. The summed E-state index contributed by atoms with van der Waals surface area (Å²) in [7, 11) is 0. The van der Waals surface area contributed by atoms with E-state index >= 15 is 0 Å². The van der Waals surface area contributed by atoms with E-state index in [1.807, 2.05) is 12.1 Å². The molecule has 3 nitrogen and oxygen atoms in total. The maximum absolute atomic E-state index is 13.9. The summed E-state index contributed by atoms with van der Waals surface area (Å²) >= 11 is 0. The van der Waals surface area contributed by atoms with Crippen molar-refractivity contribution in [2.75, 3.05) is 11.9 Å². The van der Waals surface area contributed by atoms with Gasteiger partial charge in [-0.3, -0.25) is 0 Å². The van der Waals surface area contributed by atoms with Crippen LogP contribution in [0, 0.1) is 11.6 Å². The number of rotatable bonds is 10. The van der Waals surface area contributed by atoms with Gasteiger partial charge in [0.15, 0.2) is 0 Å². The van der Waals surface area contributed by atoms with Gasteiger partial charge in [0.1, 0.15) is 11.6 Å². The summed E-state index contributed by atoms with van der Waals surface area (Å²) in [5.74, 6) is -0.996. The molecule has 29 heavy (non-hydrogen) atoms. The molecule has 2 rings (SSSR count). The molecule has 5 heteroatoms. The van der Waals surface area contributed by atoms with Crippen LogP contribution in [0.5, 0.6) is 0 Å². The molecule has 0 spiro atoms. The van der Waals surface area contributed by atoms with E-state index in [2.05, 4.69) is 38.2 Å². The molecule has 158 valence electrons. The van der Waals surface area contributed by atoms with Gasteiger partial charge < -0.3 is 10.2 Å². The molecule has 0 bridgehead atoms. The molecule has 2 aromatic carbocycles. The number of nitrogens with zero attached hydrogens (tertiary/aromatic N) is 1. The van der Waals surface area contributed by atoms with Crippen molar-refractivity contribution in [3.8, 4) is 0 Å². The number of anilines is 1. The van der Waals surface area contributed by atoms with Crippen LogP contribution in [0.4, 0.5) is 19.3 Å². The van der Waals surface area contributed by atoms with E-state index in [1.54, 1.807) is 4.90 Å². The number of carbonyl (C=O) groups is 1. The molecule has 0 saturated heterocycles. The lowest BCUT2D eigenvalue weighted by Crippen LogP contribution is -2.35. The number of urea groups is 1.